The van der Waals surface area contributed by atoms with Crippen molar-refractivity contribution in [2.45, 2.75) is 18.9 Å². The maximum absolute atomic E-state index is 5.55. The molecule has 0 bridgehead atoms. The minimum absolute atomic E-state index is 0.532. The van der Waals surface area contributed by atoms with Gasteiger partial charge in [-0.15, -0.1) is 0 Å². The summed E-state index contributed by atoms with van der Waals surface area (Å²) < 4.78 is 8.67. The van der Waals surface area contributed by atoms with E-state index in [2.05, 4.69) is 55.0 Å². The number of halogens is 1. The van der Waals surface area contributed by atoms with Crippen LogP contribution in [0.1, 0.15) is 17.2 Å². The number of nitrogens with zero attached hydrogens (tertiary/aromatic N) is 3. The van der Waals surface area contributed by atoms with E-state index in [-0.39, 0.29) is 0 Å². The van der Waals surface area contributed by atoms with Crippen molar-refractivity contribution >= 4 is 15.9 Å². The van der Waals surface area contributed by atoms with Crippen LogP contribution in [0.3, 0.4) is 0 Å². The van der Waals surface area contributed by atoms with E-state index in [0.717, 1.165) is 49.3 Å². The molecule has 3 heterocycles. The predicted molar refractivity (Wildman–Crippen MR) is 84.7 cm³/mol. The van der Waals surface area contributed by atoms with E-state index >= 15 is 0 Å². The molecule has 110 valence electrons. The van der Waals surface area contributed by atoms with Crippen molar-refractivity contribution in [3.05, 3.63) is 46.2 Å². The predicted octanol–water partition coefficient (Wildman–Crippen LogP) is 2.68. The van der Waals surface area contributed by atoms with Crippen molar-refractivity contribution in [2.75, 3.05) is 26.2 Å². The lowest BCUT2D eigenvalue weighted by Gasteiger charge is -2.39. The summed E-state index contributed by atoms with van der Waals surface area (Å²) in [4.78, 5) is 2.49. The van der Waals surface area contributed by atoms with Crippen LogP contribution in [-0.4, -0.2) is 40.9 Å². The molecule has 0 aliphatic carbocycles. The first-order valence-electron chi connectivity index (χ1n) is 7.44. The van der Waals surface area contributed by atoms with Gasteiger partial charge in [-0.3, -0.25) is 9.58 Å². The lowest BCUT2D eigenvalue weighted by Crippen LogP contribution is -2.48. The summed E-state index contributed by atoms with van der Waals surface area (Å²) in [5, 5.41) is 4.36. The van der Waals surface area contributed by atoms with Crippen LogP contribution >= 0.6 is 15.9 Å². The first kappa shape index (κ1) is 13.3. The average molecular weight is 348 g/mol. The molecule has 0 N–H and O–H groups in total. The van der Waals surface area contributed by atoms with Gasteiger partial charge in [0, 0.05) is 32.3 Å². The Balaban J connectivity index is 1.29. The highest BCUT2D eigenvalue weighted by Crippen LogP contribution is 2.27. The van der Waals surface area contributed by atoms with Gasteiger partial charge in [0.25, 0.3) is 0 Å². The molecule has 21 heavy (non-hydrogen) atoms. The standard InChI is InChI=1S/C16H18BrN3O/c17-14-8-18-20(9-14)15-10-19(11-15)5-3-12-1-2-16-13(7-12)4-6-21-16/h1-2,7-9,15H,3-6,10-11H2. The molecule has 1 saturated heterocycles. The fourth-order valence-corrected chi connectivity index (χ4v) is 3.39. The fraction of sp³-hybridized carbons (Fsp3) is 0.438. The van der Waals surface area contributed by atoms with Gasteiger partial charge < -0.3 is 4.74 Å². The molecule has 0 atom stereocenters. The molecule has 4 rings (SSSR count). The molecule has 0 saturated carbocycles. The molecule has 1 aromatic carbocycles. The second kappa shape index (κ2) is 5.46. The monoisotopic (exact) mass is 347 g/mol. The fourth-order valence-electron chi connectivity index (χ4n) is 3.09. The number of rotatable bonds is 4. The van der Waals surface area contributed by atoms with Gasteiger partial charge in [-0.2, -0.15) is 5.10 Å². The number of benzene rings is 1. The molecule has 2 aromatic rings. The third kappa shape index (κ3) is 2.72. The van der Waals surface area contributed by atoms with Gasteiger partial charge in [0.2, 0.25) is 0 Å². The minimum Gasteiger partial charge on any atom is -0.493 e. The molecular formula is C16H18BrN3O. The number of ether oxygens (including phenoxy) is 1. The van der Waals surface area contributed by atoms with Crippen molar-refractivity contribution in [1.82, 2.24) is 14.7 Å². The minimum atomic E-state index is 0.532. The Bertz CT molecular complexity index is 649. The van der Waals surface area contributed by atoms with Crippen LogP contribution in [0.25, 0.3) is 0 Å². The Morgan fingerprint density at radius 2 is 2.24 bits per heavy atom. The van der Waals surface area contributed by atoms with Crippen LogP contribution in [0.2, 0.25) is 0 Å². The van der Waals surface area contributed by atoms with Gasteiger partial charge in [-0.1, -0.05) is 12.1 Å². The van der Waals surface area contributed by atoms with Crippen molar-refractivity contribution in [2.24, 2.45) is 0 Å². The molecule has 0 spiro atoms. The zero-order valence-corrected chi connectivity index (χ0v) is 13.4. The zero-order chi connectivity index (χ0) is 14.2. The molecule has 4 nitrogen and oxygen atoms in total. The van der Waals surface area contributed by atoms with E-state index in [1.807, 2.05) is 6.20 Å². The van der Waals surface area contributed by atoms with Crippen LogP contribution in [-0.2, 0) is 12.8 Å². The Hall–Kier alpha value is -1.33. The Morgan fingerprint density at radius 1 is 1.33 bits per heavy atom. The van der Waals surface area contributed by atoms with Gasteiger partial charge in [0.05, 0.1) is 23.3 Å². The summed E-state index contributed by atoms with van der Waals surface area (Å²) in [6, 6.07) is 7.17. The molecule has 1 fully saturated rings. The average Bonchev–Trinajstić information content (AvgIpc) is 3.05. The Labute approximate surface area is 132 Å². The van der Waals surface area contributed by atoms with Gasteiger partial charge >= 0.3 is 0 Å². The number of hydrogen-bond donors (Lipinski definition) is 0. The van der Waals surface area contributed by atoms with E-state index in [9.17, 15) is 0 Å². The van der Waals surface area contributed by atoms with Crippen LogP contribution in [0.4, 0.5) is 0 Å². The molecule has 2 aliphatic heterocycles. The van der Waals surface area contributed by atoms with Gasteiger partial charge in [0.1, 0.15) is 5.75 Å². The first-order valence-corrected chi connectivity index (χ1v) is 8.24. The summed E-state index contributed by atoms with van der Waals surface area (Å²) in [6.45, 7) is 4.16. The maximum atomic E-state index is 5.55. The molecule has 1 aromatic heterocycles. The highest BCUT2D eigenvalue weighted by atomic mass is 79.9. The van der Waals surface area contributed by atoms with E-state index in [1.165, 1.54) is 11.1 Å². The number of likely N-dealkylation sites (tertiary alicyclic amines) is 1. The first-order chi connectivity index (χ1) is 10.3. The van der Waals surface area contributed by atoms with Crippen LogP contribution in [0, 0.1) is 0 Å². The quantitative estimate of drug-likeness (QED) is 0.851. The van der Waals surface area contributed by atoms with Crippen molar-refractivity contribution in [1.29, 1.82) is 0 Å². The van der Waals surface area contributed by atoms with Gasteiger partial charge in [0.15, 0.2) is 0 Å². The third-order valence-corrected chi connectivity index (χ3v) is 4.76. The van der Waals surface area contributed by atoms with Crippen molar-refractivity contribution in [3.63, 3.8) is 0 Å². The van der Waals surface area contributed by atoms with E-state index in [4.69, 9.17) is 4.74 Å². The maximum Gasteiger partial charge on any atom is 0.122 e. The highest BCUT2D eigenvalue weighted by Gasteiger charge is 2.28. The molecule has 0 amide bonds. The van der Waals surface area contributed by atoms with E-state index in [0.29, 0.717) is 6.04 Å². The molecule has 2 aliphatic rings. The van der Waals surface area contributed by atoms with Crippen LogP contribution in [0.5, 0.6) is 5.75 Å². The summed E-state index contributed by atoms with van der Waals surface area (Å²) in [5.74, 6) is 1.08. The molecule has 0 unspecified atom stereocenters. The number of aromatic nitrogens is 2. The van der Waals surface area contributed by atoms with Crippen molar-refractivity contribution < 1.29 is 4.74 Å². The smallest absolute Gasteiger partial charge is 0.122 e. The van der Waals surface area contributed by atoms with Crippen LogP contribution in [0.15, 0.2) is 35.1 Å². The van der Waals surface area contributed by atoms with Gasteiger partial charge in [-0.05, 0) is 39.5 Å². The molecule has 0 radical (unpaired) electrons. The third-order valence-electron chi connectivity index (χ3n) is 4.35. The second-order valence-corrected chi connectivity index (χ2v) is 6.76. The summed E-state index contributed by atoms with van der Waals surface area (Å²) in [6.07, 6.45) is 6.09. The van der Waals surface area contributed by atoms with E-state index < -0.39 is 0 Å². The Morgan fingerprint density at radius 3 is 3.05 bits per heavy atom. The van der Waals surface area contributed by atoms with Gasteiger partial charge in [-0.25, -0.2) is 0 Å². The lowest BCUT2D eigenvalue weighted by molar-refractivity contribution is 0.100. The summed E-state index contributed by atoms with van der Waals surface area (Å²) in [7, 11) is 0. The SMILES string of the molecule is Brc1cnn(C2CN(CCc3ccc4c(c3)CCO4)C2)c1. The van der Waals surface area contributed by atoms with E-state index in [1.54, 1.807) is 0 Å². The summed E-state index contributed by atoms with van der Waals surface area (Å²) >= 11 is 3.45. The summed E-state index contributed by atoms with van der Waals surface area (Å²) in [5.41, 5.74) is 2.79. The normalized spacial score (nSPS) is 18.3. The topological polar surface area (TPSA) is 30.3 Å². The lowest BCUT2D eigenvalue weighted by atomic mass is 10.0. The Kier molecular flexibility index (Phi) is 3.47. The highest BCUT2D eigenvalue weighted by molar-refractivity contribution is 9.10. The van der Waals surface area contributed by atoms with Crippen molar-refractivity contribution in [3.8, 4) is 5.75 Å². The largest absolute Gasteiger partial charge is 0.493 e. The molecule has 5 heteroatoms. The zero-order valence-electron chi connectivity index (χ0n) is 11.8. The molecular weight excluding hydrogens is 330 g/mol. The van der Waals surface area contributed by atoms with Crippen LogP contribution < -0.4 is 4.74 Å². The second-order valence-electron chi connectivity index (χ2n) is 5.84. The number of hydrogen-bond acceptors (Lipinski definition) is 3. The number of fused-ring (bicyclic) bond motifs is 1.